The third-order valence-corrected chi connectivity index (χ3v) is 6.18. The van der Waals surface area contributed by atoms with Crippen molar-refractivity contribution < 1.29 is 8.42 Å². The summed E-state index contributed by atoms with van der Waals surface area (Å²) < 4.78 is 25.3. The van der Waals surface area contributed by atoms with E-state index in [0.717, 1.165) is 43.7 Å². The van der Waals surface area contributed by atoms with E-state index >= 15 is 0 Å². The third-order valence-electron chi connectivity index (χ3n) is 5.32. The summed E-state index contributed by atoms with van der Waals surface area (Å²) in [6.45, 7) is 1.79. The molecule has 0 aliphatic heterocycles. The van der Waals surface area contributed by atoms with Crippen LogP contribution < -0.4 is 5.56 Å². The summed E-state index contributed by atoms with van der Waals surface area (Å²) in [5.41, 5.74) is 1.26. The summed E-state index contributed by atoms with van der Waals surface area (Å²) in [6, 6.07) is 1.87. The number of rotatable bonds is 2. The number of aromatic nitrogens is 3. The zero-order valence-electron chi connectivity index (χ0n) is 13.2. The molecule has 122 valence electrons. The lowest BCUT2D eigenvalue weighted by atomic mass is 9.99. The Balaban J connectivity index is 2.04. The molecule has 0 saturated heterocycles. The molecule has 0 amide bonds. The van der Waals surface area contributed by atoms with Gasteiger partial charge in [-0.3, -0.25) is 9.36 Å². The van der Waals surface area contributed by atoms with Crippen molar-refractivity contribution in [2.75, 3.05) is 6.26 Å². The van der Waals surface area contributed by atoms with Crippen LogP contribution in [0.2, 0.25) is 0 Å². The predicted octanol–water partition coefficient (Wildman–Crippen LogP) is 2.01. The quantitative estimate of drug-likeness (QED) is 0.785. The number of nitrogens with zero attached hydrogens (tertiary/aromatic N) is 3. The maximum Gasteiger partial charge on any atom is 0.255 e. The molecule has 1 atom stereocenters. The first-order valence-electron chi connectivity index (χ1n) is 7.91. The van der Waals surface area contributed by atoms with E-state index in [2.05, 4.69) is 9.97 Å². The van der Waals surface area contributed by atoms with Crippen LogP contribution in [0.1, 0.15) is 43.7 Å². The van der Waals surface area contributed by atoms with Gasteiger partial charge in [-0.2, -0.15) is 4.98 Å². The van der Waals surface area contributed by atoms with Gasteiger partial charge in [0.2, 0.25) is 15.0 Å². The van der Waals surface area contributed by atoms with E-state index in [-0.39, 0.29) is 22.2 Å². The summed E-state index contributed by atoms with van der Waals surface area (Å²) in [5.74, 6) is 0. The van der Waals surface area contributed by atoms with Crippen molar-refractivity contribution in [1.29, 1.82) is 0 Å². The van der Waals surface area contributed by atoms with Gasteiger partial charge >= 0.3 is 0 Å². The van der Waals surface area contributed by atoms with Crippen LogP contribution in [-0.4, -0.2) is 29.2 Å². The number of hydrogen-bond acceptors (Lipinski definition) is 5. The monoisotopic (exact) mass is 333 g/mol. The Morgan fingerprint density at radius 3 is 2.70 bits per heavy atom. The van der Waals surface area contributed by atoms with Crippen molar-refractivity contribution in [2.24, 2.45) is 5.41 Å². The summed E-state index contributed by atoms with van der Waals surface area (Å²) in [5, 5.41) is 0.502. The Bertz CT molecular complexity index is 974. The van der Waals surface area contributed by atoms with Crippen LogP contribution in [0.15, 0.2) is 22.2 Å². The average Bonchev–Trinajstić information content (AvgIpc) is 3.13. The second-order valence-electron chi connectivity index (χ2n) is 6.98. The van der Waals surface area contributed by atoms with E-state index in [4.69, 9.17) is 0 Å². The largest absolute Gasteiger partial charge is 0.289 e. The predicted molar refractivity (Wildman–Crippen MR) is 86.2 cm³/mol. The van der Waals surface area contributed by atoms with Gasteiger partial charge in [-0.15, -0.1) is 0 Å². The molecule has 4 rings (SSSR count). The molecule has 2 heterocycles. The molecule has 6 nitrogen and oxygen atoms in total. The number of fused-ring (bicyclic) bond motifs is 1. The fourth-order valence-electron chi connectivity index (χ4n) is 3.98. The molecule has 0 radical (unpaired) electrons. The number of aryl methyl sites for hydroxylation is 1. The zero-order valence-corrected chi connectivity index (χ0v) is 14.1. The van der Waals surface area contributed by atoms with Gasteiger partial charge in [-0.1, -0.05) is 6.42 Å². The standard InChI is InChI=1S/C16H19N3O3S/c1-10-8-11-9-17-15(23(2,21)22)18-13(11)19(14(10)20)12-4-3-5-16(12)6-7-16/h8-9,12H,3-7H2,1-2H3. The van der Waals surface area contributed by atoms with Crippen molar-refractivity contribution in [2.45, 2.75) is 50.2 Å². The van der Waals surface area contributed by atoms with Gasteiger partial charge in [0.15, 0.2) is 0 Å². The Kier molecular flexibility index (Phi) is 2.98. The zero-order chi connectivity index (χ0) is 16.4. The Hall–Kier alpha value is -1.76. The number of sulfone groups is 1. The van der Waals surface area contributed by atoms with Crippen LogP contribution in [0.25, 0.3) is 11.0 Å². The molecule has 2 aliphatic carbocycles. The van der Waals surface area contributed by atoms with Crippen LogP contribution in [0.5, 0.6) is 0 Å². The minimum absolute atomic E-state index is 0.0613. The summed E-state index contributed by atoms with van der Waals surface area (Å²) >= 11 is 0. The van der Waals surface area contributed by atoms with Crippen LogP contribution in [-0.2, 0) is 9.84 Å². The molecule has 1 unspecified atom stereocenters. The Labute approximate surface area is 134 Å². The highest BCUT2D eigenvalue weighted by Gasteiger charge is 2.53. The number of hydrogen-bond donors (Lipinski definition) is 0. The van der Waals surface area contributed by atoms with Crippen molar-refractivity contribution in [3.8, 4) is 0 Å². The maximum absolute atomic E-state index is 12.8. The maximum atomic E-state index is 12.8. The summed E-state index contributed by atoms with van der Waals surface area (Å²) in [4.78, 5) is 21.0. The van der Waals surface area contributed by atoms with Crippen LogP contribution in [0.3, 0.4) is 0 Å². The van der Waals surface area contributed by atoms with E-state index in [1.165, 1.54) is 6.20 Å². The van der Waals surface area contributed by atoms with Gasteiger partial charge in [0, 0.05) is 29.4 Å². The van der Waals surface area contributed by atoms with Crippen LogP contribution in [0, 0.1) is 12.3 Å². The van der Waals surface area contributed by atoms with E-state index in [1.807, 2.05) is 0 Å². The van der Waals surface area contributed by atoms with E-state index in [9.17, 15) is 13.2 Å². The van der Waals surface area contributed by atoms with E-state index in [1.54, 1.807) is 17.6 Å². The fraction of sp³-hybridized carbons (Fsp3) is 0.562. The second kappa shape index (κ2) is 4.63. The molecule has 23 heavy (non-hydrogen) atoms. The van der Waals surface area contributed by atoms with Gasteiger partial charge < -0.3 is 0 Å². The molecule has 7 heteroatoms. The van der Waals surface area contributed by atoms with E-state index < -0.39 is 9.84 Å². The minimum atomic E-state index is -3.51. The Morgan fingerprint density at radius 2 is 2.04 bits per heavy atom. The molecular weight excluding hydrogens is 314 g/mol. The molecule has 2 aliphatic rings. The van der Waals surface area contributed by atoms with Gasteiger partial charge in [-0.25, -0.2) is 13.4 Å². The van der Waals surface area contributed by atoms with Crippen molar-refractivity contribution in [3.05, 3.63) is 28.2 Å². The van der Waals surface area contributed by atoms with Crippen molar-refractivity contribution in [1.82, 2.24) is 14.5 Å². The van der Waals surface area contributed by atoms with Crippen LogP contribution >= 0.6 is 0 Å². The molecule has 0 N–H and O–H groups in total. The minimum Gasteiger partial charge on any atom is -0.289 e. The fourth-order valence-corrected chi connectivity index (χ4v) is 4.47. The SMILES string of the molecule is Cc1cc2cnc(S(C)(=O)=O)nc2n(C2CCCC23CC3)c1=O. The lowest BCUT2D eigenvalue weighted by Gasteiger charge is -2.23. The molecule has 2 aromatic rings. The van der Waals surface area contributed by atoms with Crippen molar-refractivity contribution in [3.63, 3.8) is 0 Å². The van der Waals surface area contributed by atoms with Gasteiger partial charge in [0.05, 0.1) is 0 Å². The molecule has 1 spiro atoms. The first kappa shape index (κ1) is 14.8. The highest BCUT2D eigenvalue weighted by molar-refractivity contribution is 7.90. The first-order valence-corrected chi connectivity index (χ1v) is 9.80. The van der Waals surface area contributed by atoms with Gasteiger partial charge in [-0.05, 0) is 44.1 Å². The third kappa shape index (κ3) is 2.21. The van der Waals surface area contributed by atoms with Crippen LogP contribution in [0.4, 0.5) is 0 Å². The van der Waals surface area contributed by atoms with Crippen molar-refractivity contribution >= 4 is 20.9 Å². The Morgan fingerprint density at radius 1 is 1.30 bits per heavy atom. The molecule has 2 fully saturated rings. The average molecular weight is 333 g/mol. The molecular formula is C16H19N3O3S. The second-order valence-corrected chi connectivity index (χ2v) is 8.89. The molecule has 0 bridgehead atoms. The molecule has 2 aromatic heterocycles. The lowest BCUT2D eigenvalue weighted by Crippen LogP contribution is -2.30. The highest BCUT2D eigenvalue weighted by atomic mass is 32.2. The van der Waals surface area contributed by atoms with Gasteiger partial charge in [0.25, 0.3) is 5.56 Å². The number of pyridine rings is 1. The smallest absolute Gasteiger partial charge is 0.255 e. The molecule has 2 saturated carbocycles. The summed E-state index contributed by atoms with van der Waals surface area (Å²) in [7, 11) is -3.51. The lowest BCUT2D eigenvalue weighted by molar-refractivity contribution is 0.356. The highest BCUT2D eigenvalue weighted by Crippen LogP contribution is 2.63. The first-order chi connectivity index (χ1) is 10.8. The molecule has 0 aromatic carbocycles. The van der Waals surface area contributed by atoms with E-state index in [0.29, 0.717) is 11.2 Å². The summed E-state index contributed by atoms with van der Waals surface area (Å²) in [6.07, 6.45) is 8.09. The normalized spacial score (nSPS) is 22.8. The topological polar surface area (TPSA) is 81.9 Å². The van der Waals surface area contributed by atoms with Gasteiger partial charge in [0.1, 0.15) is 5.65 Å².